The van der Waals surface area contributed by atoms with Gasteiger partial charge in [-0.3, -0.25) is 4.79 Å². The van der Waals surface area contributed by atoms with E-state index in [1.165, 1.54) is 11.3 Å². The topological polar surface area (TPSA) is 72.2 Å². The monoisotopic (exact) mass is 431 g/mol. The van der Waals surface area contributed by atoms with Crippen molar-refractivity contribution in [3.05, 3.63) is 63.4 Å². The lowest BCUT2D eigenvalue weighted by Gasteiger charge is -2.11. The Balaban J connectivity index is 1.66. The van der Waals surface area contributed by atoms with E-state index in [1.807, 2.05) is 32.0 Å². The first-order valence-corrected chi connectivity index (χ1v) is 10.1. The fourth-order valence-electron chi connectivity index (χ4n) is 2.75. The van der Waals surface area contributed by atoms with Gasteiger partial charge in [0.1, 0.15) is 5.01 Å². The summed E-state index contributed by atoms with van der Waals surface area (Å²) in [6.45, 7) is 3.94. The molecule has 0 aliphatic rings. The lowest BCUT2D eigenvalue weighted by molar-refractivity contribution is 0.102. The first-order chi connectivity index (χ1) is 13.5. The van der Waals surface area contributed by atoms with Gasteiger partial charge in [0.15, 0.2) is 5.82 Å². The zero-order valence-electron chi connectivity index (χ0n) is 15.0. The molecule has 0 aliphatic carbocycles. The molecule has 4 aromatic rings. The van der Waals surface area contributed by atoms with Gasteiger partial charge >= 0.3 is 0 Å². The average molecular weight is 432 g/mol. The van der Waals surface area contributed by atoms with Crippen molar-refractivity contribution in [1.29, 1.82) is 0 Å². The van der Waals surface area contributed by atoms with Crippen LogP contribution in [-0.2, 0) is 6.42 Å². The molecule has 0 aliphatic heterocycles. The van der Waals surface area contributed by atoms with Crippen molar-refractivity contribution in [3.8, 4) is 10.6 Å². The second-order valence-corrected chi connectivity index (χ2v) is 7.98. The first kappa shape index (κ1) is 18.9. The fraction of sp³-hybridized carbons (Fsp3) is 0.158. The van der Waals surface area contributed by atoms with Gasteiger partial charge in [0.25, 0.3) is 5.91 Å². The van der Waals surface area contributed by atoms with Gasteiger partial charge in [-0.25, -0.2) is 0 Å². The standard InChI is InChI=1S/C19H15Cl2N5OS/c1-3-16-23-24-19-26(16)25-18(28-19)11-5-4-10(2)15(8-11)22-17(27)13-7-6-12(20)9-14(13)21/h4-9H,3H2,1-2H3,(H,22,27). The number of fused-ring (bicyclic) bond motifs is 1. The SMILES string of the molecule is CCc1nnc2sc(-c3ccc(C)c(NC(=O)c4ccc(Cl)cc4Cl)c3)nn12. The van der Waals surface area contributed by atoms with Crippen molar-refractivity contribution in [3.63, 3.8) is 0 Å². The molecule has 2 aromatic heterocycles. The number of carbonyl (C=O) groups is 1. The van der Waals surface area contributed by atoms with Crippen LogP contribution in [0.3, 0.4) is 0 Å². The molecule has 142 valence electrons. The molecule has 4 rings (SSSR count). The molecule has 0 saturated heterocycles. The van der Waals surface area contributed by atoms with Gasteiger partial charge in [0, 0.05) is 22.7 Å². The quantitative estimate of drug-likeness (QED) is 0.476. The zero-order valence-corrected chi connectivity index (χ0v) is 17.4. The summed E-state index contributed by atoms with van der Waals surface area (Å²) in [4.78, 5) is 13.4. The van der Waals surface area contributed by atoms with Crippen LogP contribution in [0.1, 0.15) is 28.7 Å². The molecule has 28 heavy (non-hydrogen) atoms. The van der Waals surface area contributed by atoms with Gasteiger partial charge in [-0.05, 0) is 36.8 Å². The summed E-state index contributed by atoms with van der Waals surface area (Å²) in [5, 5.41) is 17.4. The molecule has 0 unspecified atom stereocenters. The van der Waals surface area contributed by atoms with Crippen LogP contribution in [0.25, 0.3) is 15.5 Å². The molecule has 0 fully saturated rings. The second kappa shape index (κ2) is 7.50. The third kappa shape index (κ3) is 3.48. The number of nitrogens with one attached hydrogen (secondary N) is 1. The third-order valence-corrected chi connectivity index (χ3v) is 5.78. The van der Waals surface area contributed by atoms with Crippen LogP contribution >= 0.6 is 34.5 Å². The van der Waals surface area contributed by atoms with Crippen molar-refractivity contribution in [1.82, 2.24) is 19.8 Å². The maximum absolute atomic E-state index is 12.7. The van der Waals surface area contributed by atoms with Crippen LogP contribution in [0, 0.1) is 6.92 Å². The number of hydrogen-bond acceptors (Lipinski definition) is 5. The number of aryl methyl sites for hydroxylation is 2. The summed E-state index contributed by atoms with van der Waals surface area (Å²) in [6, 6.07) is 10.6. The maximum atomic E-state index is 12.7. The number of nitrogens with zero attached hydrogens (tertiary/aromatic N) is 4. The minimum atomic E-state index is -0.298. The lowest BCUT2D eigenvalue weighted by Crippen LogP contribution is -2.13. The normalized spacial score (nSPS) is 11.1. The molecule has 2 heterocycles. The van der Waals surface area contributed by atoms with Crippen LogP contribution < -0.4 is 5.32 Å². The maximum Gasteiger partial charge on any atom is 0.257 e. The van der Waals surface area contributed by atoms with E-state index in [1.54, 1.807) is 22.7 Å². The van der Waals surface area contributed by atoms with E-state index in [2.05, 4.69) is 20.6 Å². The number of hydrogen-bond donors (Lipinski definition) is 1. The molecule has 0 spiro atoms. The molecule has 0 atom stereocenters. The Hall–Kier alpha value is -2.48. The van der Waals surface area contributed by atoms with Gasteiger partial charge in [0.05, 0.1) is 10.6 Å². The Bertz CT molecular complexity index is 1200. The Kier molecular flexibility index (Phi) is 5.05. The number of anilines is 1. The molecule has 0 radical (unpaired) electrons. The van der Waals surface area contributed by atoms with Crippen LogP contribution in [0.5, 0.6) is 0 Å². The van der Waals surface area contributed by atoms with Crippen molar-refractivity contribution >= 4 is 51.1 Å². The Morgan fingerprint density at radius 2 is 2.00 bits per heavy atom. The molecule has 2 aromatic carbocycles. The molecule has 9 heteroatoms. The minimum Gasteiger partial charge on any atom is -0.322 e. The van der Waals surface area contributed by atoms with E-state index in [0.29, 0.717) is 21.3 Å². The zero-order chi connectivity index (χ0) is 19.8. The molecule has 6 nitrogen and oxygen atoms in total. The summed E-state index contributed by atoms with van der Waals surface area (Å²) in [5.41, 5.74) is 2.87. The summed E-state index contributed by atoms with van der Waals surface area (Å²) in [5.74, 6) is 0.517. The molecule has 0 bridgehead atoms. The van der Waals surface area contributed by atoms with Gasteiger partial charge in [0.2, 0.25) is 4.96 Å². The summed E-state index contributed by atoms with van der Waals surface area (Å²) >= 11 is 13.5. The highest BCUT2D eigenvalue weighted by Gasteiger charge is 2.15. The molecule has 1 N–H and O–H groups in total. The second-order valence-electron chi connectivity index (χ2n) is 6.18. The van der Waals surface area contributed by atoms with Gasteiger partial charge < -0.3 is 5.32 Å². The van der Waals surface area contributed by atoms with E-state index < -0.39 is 0 Å². The van der Waals surface area contributed by atoms with Crippen molar-refractivity contribution in [2.75, 3.05) is 5.32 Å². The van der Waals surface area contributed by atoms with Crippen LogP contribution in [0.2, 0.25) is 10.0 Å². The average Bonchev–Trinajstić information content (AvgIpc) is 3.24. The van der Waals surface area contributed by atoms with Gasteiger partial charge in [-0.15, -0.1) is 10.2 Å². The number of benzene rings is 2. The van der Waals surface area contributed by atoms with E-state index in [9.17, 15) is 4.79 Å². The third-order valence-electron chi connectivity index (χ3n) is 4.28. The van der Waals surface area contributed by atoms with Crippen molar-refractivity contribution < 1.29 is 4.79 Å². The molecular formula is C19H15Cl2N5OS. The van der Waals surface area contributed by atoms with E-state index in [-0.39, 0.29) is 5.91 Å². The Morgan fingerprint density at radius 3 is 2.75 bits per heavy atom. The largest absolute Gasteiger partial charge is 0.322 e. The van der Waals surface area contributed by atoms with Crippen LogP contribution in [0.15, 0.2) is 36.4 Å². The van der Waals surface area contributed by atoms with Crippen LogP contribution in [0.4, 0.5) is 5.69 Å². The van der Waals surface area contributed by atoms with E-state index >= 15 is 0 Å². The van der Waals surface area contributed by atoms with E-state index in [0.717, 1.165) is 33.3 Å². The first-order valence-electron chi connectivity index (χ1n) is 8.55. The van der Waals surface area contributed by atoms with Crippen molar-refractivity contribution in [2.24, 2.45) is 0 Å². The van der Waals surface area contributed by atoms with Crippen molar-refractivity contribution in [2.45, 2.75) is 20.3 Å². The smallest absolute Gasteiger partial charge is 0.257 e. The fourth-order valence-corrected chi connectivity index (χ4v) is 4.10. The number of rotatable bonds is 4. The predicted molar refractivity (Wildman–Crippen MR) is 113 cm³/mol. The molecule has 0 saturated carbocycles. The lowest BCUT2D eigenvalue weighted by atomic mass is 10.1. The highest BCUT2D eigenvalue weighted by atomic mass is 35.5. The van der Waals surface area contributed by atoms with Gasteiger partial charge in [-0.2, -0.15) is 9.61 Å². The number of carbonyl (C=O) groups excluding carboxylic acids is 1. The van der Waals surface area contributed by atoms with E-state index in [4.69, 9.17) is 23.2 Å². The molecule has 1 amide bonds. The summed E-state index contributed by atoms with van der Waals surface area (Å²) in [7, 11) is 0. The Labute approximate surface area is 175 Å². The Morgan fingerprint density at radius 1 is 1.18 bits per heavy atom. The number of halogens is 2. The highest BCUT2D eigenvalue weighted by molar-refractivity contribution is 7.19. The molecular weight excluding hydrogens is 417 g/mol. The highest BCUT2D eigenvalue weighted by Crippen LogP contribution is 2.30. The minimum absolute atomic E-state index is 0.298. The summed E-state index contributed by atoms with van der Waals surface area (Å²) in [6.07, 6.45) is 0.751. The summed E-state index contributed by atoms with van der Waals surface area (Å²) < 4.78 is 1.76. The van der Waals surface area contributed by atoms with Gasteiger partial charge in [-0.1, -0.05) is 53.6 Å². The van der Waals surface area contributed by atoms with Crippen LogP contribution in [-0.4, -0.2) is 25.7 Å². The number of aromatic nitrogens is 4. The number of amides is 1. The predicted octanol–water partition coefficient (Wildman–Crippen LogP) is 5.28.